The Morgan fingerprint density at radius 2 is 2.18 bits per heavy atom. The lowest BCUT2D eigenvalue weighted by Gasteiger charge is -2.29. The molecule has 0 saturated carbocycles. The van der Waals surface area contributed by atoms with E-state index in [9.17, 15) is 19.8 Å². The van der Waals surface area contributed by atoms with Crippen molar-refractivity contribution in [1.82, 2.24) is 9.55 Å². The van der Waals surface area contributed by atoms with Gasteiger partial charge in [-0.15, -0.1) is 5.92 Å². The number of nitrogens with one attached hydrogen (secondary N) is 1. The summed E-state index contributed by atoms with van der Waals surface area (Å²) in [6.45, 7) is 4.52. The molecule has 8 heteroatoms. The summed E-state index contributed by atoms with van der Waals surface area (Å²) >= 11 is 0. The summed E-state index contributed by atoms with van der Waals surface area (Å²) in [6, 6.07) is 1.21. The van der Waals surface area contributed by atoms with E-state index in [4.69, 9.17) is 10.5 Å². The summed E-state index contributed by atoms with van der Waals surface area (Å²) in [5.41, 5.74) is 3.63. The van der Waals surface area contributed by atoms with Crippen LogP contribution in [-0.2, 0) is 4.74 Å². The van der Waals surface area contributed by atoms with E-state index in [-0.39, 0.29) is 0 Å². The van der Waals surface area contributed by atoms with Crippen LogP contribution < -0.4 is 17.0 Å². The highest BCUT2D eigenvalue weighted by molar-refractivity contribution is 5.26. The predicted molar refractivity (Wildman–Crippen MR) is 78.0 cm³/mol. The van der Waals surface area contributed by atoms with E-state index in [1.807, 2.05) is 0 Å². The highest BCUT2D eigenvalue weighted by Gasteiger charge is 2.56. The molecule has 1 unspecified atom stereocenters. The fourth-order valence-corrected chi connectivity index (χ4v) is 2.67. The number of hydrogen-bond acceptors (Lipinski definition) is 6. The highest BCUT2D eigenvalue weighted by atomic mass is 16.5. The van der Waals surface area contributed by atoms with Crippen molar-refractivity contribution in [2.24, 2.45) is 5.73 Å². The van der Waals surface area contributed by atoms with E-state index in [1.165, 1.54) is 19.9 Å². The van der Waals surface area contributed by atoms with Crippen molar-refractivity contribution >= 4 is 0 Å². The molecule has 1 fully saturated rings. The van der Waals surface area contributed by atoms with Gasteiger partial charge >= 0.3 is 5.69 Å². The Hall–Kier alpha value is -1.92. The fraction of sp³-hybridized carbons (Fsp3) is 0.571. The molecule has 1 aromatic rings. The van der Waals surface area contributed by atoms with Crippen molar-refractivity contribution in [1.29, 1.82) is 0 Å². The molecule has 0 spiro atoms. The maximum atomic E-state index is 12.1. The van der Waals surface area contributed by atoms with Gasteiger partial charge in [-0.1, -0.05) is 5.92 Å². The van der Waals surface area contributed by atoms with E-state index in [0.717, 1.165) is 4.57 Å². The number of nitrogens with two attached hydrogens (primary N) is 1. The Bertz CT molecular complexity index is 741. The first-order valence-electron chi connectivity index (χ1n) is 6.79. The van der Waals surface area contributed by atoms with Gasteiger partial charge in [-0.2, -0.15) is 0 Å². The van der Waals surface area contributed by atoms with Crippen LogP contribution in [0.2, 0.25) is 0 Å². The van der Waals surface area contributed by atoms with E-state index < -0.39 is 41.3 Å². The molecule has 8 nitrogen and oxygen atoms in total. The van der Waals surface area contributed by atoms with Gasteiger partial charge in [-0.3, -0.25) is 14.3 Å². The van der Waals surface area contributed by atoms with E-state index in [0.29, 0.717) is 5.69 Å². The molecule has 2 rings (SSSR count). The van der Waals surface area contributed by atoms with Crippen molar-refractivity contribution in [3.05, 3.63) is 32.6 Å². The lowest BCUT2D eigenvalue weighted by Crippen LogP contribution is -2.56. The third-order valence-electron chi connectivity index (χ3n) is 3.72. The van der Waals surface area contributed by atoms with Gasteiger partial charge in [0.25, 0.3) is 5.56 Å². The molecule has 2 heterocycles. The number of aromatic nitrogens is 2. The van der Waals surface area contributed by atoms with Gasteiger partial charge in [0.05, 0.1) is 6.10 Å². The van der Waals surface area contributed by atoms with Crippen LogP contribution in [0.1, 0.15) is 25.8 Å². The van der Waals surface area contributed by atoms with Crippen LogP contribution in [-0.4, -0.2) is 43.6 Å². The monoisotopic (exact) mass is 309 g/mol. The van der Waals surface area contributed by atoms with Crippen molar-refractivity contribution in [3.8, 4) is 11.8 Å². The average molecular weight is 309 g/mol. The minimum absolute atomic E-state index is 0.310. The number of nitrogens with zero attached hydrogens (tertiary/aromatic N) is 1. The zero-order valence-corrected chi connectivity index (χ0v) is 12.5. The lowest BCUT2D eigenvalue weighted by atomic mass is 9.90. The summed E-state index contributed by atoms with van der Waals surface area (Å²) < 4.78 is 6.73. The molecule has 0 amide bonds. The molecule has 0 aliphatic carbocycles. The quantitative estimate of drug-likeness (QED) is 0.477. The summed E-state index contributed by atoms with van der Waals surface area (Å²) in [7, 11) is 0. The number of aliphatic hydroxyl groups excluding tert-OH is 2. The molecule has 120 valence electrons. The Morgan fingerprint density at radius 3 is 2.68 bits per heavy atom. The van der Waals surface area contributed by atoms with Crippen LogP contribution in [0.15, 0.2) is 15.7 Å². The smallest absolute Gasteiger partial charge is 0.330 e. The number of ether oxygens (including phenoxy) is 1. The molecule has 1 saturated heterocycles. The van der Waals surface area contributed by atoms with Gasteiger partial charge in [-0.25, -0.2) is 4.79 Å². The van der Waals surface area contributed by atoms with Crippen LogP contribution in [0.4, 0.5) is 0 Å². The number of hydrogen-bond donors (Lipinski definition) is 4. The SMILES string of the molecule is CC#CC1(N)[C@@H](O)[C@@H]([C@@H](C)O)O[C@H]1n1c(C)cc(=O)[nH]c1=O. The lowest BCUT2D eigenvalue weighted by molar-refractivity contribution is -0.0784. The zero-order chi connectivity index (χ0) is 16.7. The standard InChI is InChI=1S/C14H19N3O5/c1-4-5-14(15)11(20)10(8(3)18)22-12(14)17-7(2)6-9(19)16-13(17)21/h6,8,10-12,18,20H,15H2,1-3H3,(H,16,19,21)/t8-,10-,11+,12-,14?/m1/s1. The summed E-state index contributed by atoms with van der Waals surface area (Å²) in [5, 5.41) is 20.1. The van der Waals surface area contributed by atoms with E-state index >= 15 is 0 Å². The van der Waals surface area contributed by atoms with Gasteiger partial charge in [-0.05, 0) is 20.8 Å². The topological polar surface area (TPSA) is 131 Å². The van der Waals surface area contributed by atoms with Crippen molar-refractivity contribution in [3.63, 3.8) is 0 Å². The summed E-state index contributed by atoms with van der Waals surface area (Å²) in [4.78, 5) is 25.6. The average Bonchev–Trinajstić information content (AvgIpc) is 2.63. The Kier molecular flexibility index (Phi) is 4.26. The maximum Gasteiger partial charge on any atom is 0.330 e. The molecule has 1 aromatic heterocycles. The molecule has 22 heavy (non-hydrogen) atoms. The van der Waals surface area contributed by atoms with Gasteiger partial charge in [0.1, 0.15) is 12.2 Å². The Labute approximate surface area is 126 Å². The first-order chi connectivity index (χ1) is 10.2. The minimum atomic E-state index is -1.59. The summed E-state index contributed by atoms with van der Waals surface area (Å²) in [6.07, 6.45) is -4.46. The van der Waals surface area contributed by atoms with Gasteiger partial charge in [0.15, 0.2) is 11.8 Å². The predicted octanol–water partition coefficient (Wildman–Crippen LogP) is -1.80. The number of rotatable bonds is 2. The van der Waals surface area contributed by atoms with Crippen LogP contribution in [0, 0.1) is 18.8 Å². The van der Waals surface area contributed by atoms with Gasteiger partial charge < -0.3 is 20.7 Å². The molecule has 1 aliphatic heterocycles. The number of H-pyrrole nitrogens is 1. The minimum Gasteiger partial charge on any atom is -0.391 e. The van der Waals surface area contributed by atoms with Gasteiger partial charge in [0.2, 0.25) is 0 Å². The Morgan fingerprint density at radius 1 is 1.55 bits per heavy atom. The van der Waals surface area contributed by atoms with Gasteiger partial charge in [0, 0.05) is 11.8 Å². The van der Waals surface area contributed by atoms with Crippen LogP contribution >= 0.6 is 0 Å². The third-order valence-corrected chi connectivity index (χ3v) is 3.72. The first kappa shape index (κ1) is 16.5. The van der Waals surface area contributed by atoms with Crippen LogP contribution in [0.3, 0.4) is 0 Å². The largest absolute Gasteiger partial charge is 0.391 e. The fourth-order valence-electron chi connectivity index (χ4n) is 2.67. The zero-order valence-electron chi connectivity index (χ0n) is 12.5. The summed E-state index contributed by atoms with van der Waals surface area (Å²) in [5.74, 6) is 5.27. The van der Waals surface area contributed by atoms with Crippen LogP contribution in [0.25, 0.3) is 0 Å². The molecular formula is C14H19N3O5. The molecule has 5 N–H and O–H groups in total. The molecule has 0 radical (unpaired) electrons. The van der Waals surface area contributed by atoms with Crippen LogP contribution in [0.5, 0.6) is 0 Å². The number of aromatic amines is 1. The molecule has 5 atom stereocenters. The normalized spacial score (nSPS) is 32.4. The number of aliphatic hydroxyl groups is 2. The number of aryl methyl sites for hydroxylation is 1. The second-order valence-electron chi connectivity index (χ2n) is 5.40. The molecule has 0 bridgehead atoms. The van der Waals surface area contributed by atoms with E-state index in [2.05, 4.69) is 16.8 Å². The Balaban J connectivity index is 2.64. The molecular weight excluding hydrogens is 290 g/mol. The first-order valence-corrected chi connectivity index (χ1v) is 6.79. The van der Waals surface area contributed by atoms with Crippen molar-refractivity contribution in [2.75, 3.05) is 0 Å². The highest BCUT2D eigenvalue weighted by Crippen LogP contribution is 2.37. The third kappa shape index (κ3) is 2.48. The maximum absolute atomic E-state index is 12.1. The van der Waals surface area contributed by atoms with Crippen molar-refractivity contribution in [2.45, 2.75) is 50.8 Å². The molecule has 0 aromatic carbocycles. The molecule has 1 aliphatic rings. The van der Waals surface area contributed by atoms with E-state index in [1.54, 1.807) is 6.92 Å². The van der Waals surface area contributed by atoms with Crippen molar-refractivity contribution < 1.29 is 14.9 Å². The second-order valence-corrected chi connectivity index (χ2v) is 5.40. The second kappa shape index (κ2) is 5.70.